The van der Waals surface area contributed by atoms with E-state index in [1.54, 1.807) is 6.20 Å². The number of nitrogens with one attached hydrogen (secondary N) is 1. The number of halogens is 3. The topological polar surface area (TPSA) is 28.7 Å². The average Bonchev–Trinajstić information content (AvgIpc) is 2.52. The van der Waals surface area contributed by atoms with Crippen molar-refractivity contribution in [2.45, 2.75) is 0 Å². The molecule has 0 fully saturated rings. The van der Waals surface area contributed by atoms with Gasteiger partial charge in [-0.25, -0.2) is 8.78 Å². The summed E-state index contributed by atoms with van der Waals surface area (Å²) in [5, 5.41) is 6.43. The Morgan fingerprint density at radius 1 is 1.29 bits per heavy atom. The molecule has 0 unspecified atom stereocenters. The number of benzene rings is 1. The predicted octanol–water partition coefficient (Wildman–Crippen LogP) is 2.96. The molecule has 2 rings (SSSR count). The van der Waals surface area contributed by atoms with E-state index in [9.17, 15) is 8.78 Å². The van der Waals surface area contributed by atoms with Crippen LogP contribution in [-0.2, 0) is 0 Å². The fourth-order valence-electron chi connectivity index (χ4n) is 1.15. The predicted molar refractivity (Wildman–Crippen MR) is 56.7 cm³/mol. The van der Waals surface area contributed by atoms with Crippen LogP contribution in [0.5, 0.6) is 0 Å². The Bertz CT molecular complexity index is 468. The van der Waals surface area contributed by atoms with Crippen LogP contribution in [-0.4, -0.2) is 10.2 Å². The lowest BCUT2D eigenvalue weighted by atomic mass is 10.1. The maximum Gasteiger partial charge on any atom is 0.135 e. The number of rotatable bonds is 1. The molecule has 1 aromatic carbocycles. The smallest absolute Gasteiger partial charge is 0.135 e. The Morgan fingerprint density at radius 3 is 2.64 bits per heavy atom. The minimum absolute atomic E-state index is 0.327. The molecule has 0 aliphatic rings. The molecule has 1 heterocycles. The minimum Gasteiger partial charge on any atom is -0.277 e. The van der Waals surface area contributed by atoms with Crippen LogP contribution in [0.3, 0.4) is 0 Å². The first-order chi connectivity index (χ1) is 6.68. The van der Waals surface area contributed by atoms with Crippen LogP contribution in [0.1, 0.15) is 0 Å². The van der Waals surface area contributed by atoms with Crippen molar-refractivity contribution < 1.29 is 8.78 Å². The van der Waals surface area contributed by atoms with Crippen LogP contribution in [0.25, 0.3) is 11.3 Å². The van der Waals surface area contributed by atoms with Crippen molar-refractivity contribution in [3.8, 4) is 11.3 Å². The number of aromatic nitrogens is 2. The van der Waals surface area contributed by atoms with Crippen molar-refractivity contribution in [3.05, 3.63) is 39.6 Å². The minimum atomic E-state index is -0.591. The van der Waals surface area contributed by atoms with Gasteiger partial charge in [0.2, 0.25) is 0 Å². The van der Waals surface area contributed by atoms with E-state index in [1.165, 1.54) is 12.1 Å². The highest BCUT2D eigenvalue weighted by Crippen LogP contribution is 2.25. The number of aromatic amines is 1. The summed E-state index contributed by atoms with van der Waals surface area (Å²) in [4.78, 5) is 0. The van der Waals surface area contributed by atoms with Gasteiger partial charge in [0, 0.05) is 11.6 Å². The third kappa shape index (κ3) is 1.63. The van der Waals surface area contributed by atoms with Crippen LogP contribution in [0, 0.1) is 15.2 Å². The molecule has 0 aliphatic carbocycles. The zero-order valence-corrected chi connectivity index (χ0v) is 9.05. The largest absolute Gasteiger partial charge is 0.277 e. The lowest BCUT2D eigenvalue weighted by molar-refractivity contribution is 0.585. The molecule has 5 heteroatoms. The Labute approximate surface area is 92.5 Å². The van der Waals surface area contributed by atoms with E-state index in [0.29, 0.717) is 11.3 Å². The van der Waals surface area contributed by atoms with Crippen LogP contribution >= 0.6 is 22.6 Å². The van der Waals surface area contributed by atoms with Gasteiger partial charge in [0.15, 0.2) is 0 Å². The lowest BCUT2D eigenvalue weighted by Crippen LogP contribution is -1.88. The standard InChI is InChI=1S/C9H5F2IN2/c10-5-1-2-6(7(11)3-5)9-8(12)4-13-14-9/h1-4H,(H,13,14). The second-order valence-corrected chi connectivity index (χ2v) is 3.88. The maximum atomic E-state index is 13.3. The van der Waals surface area contributed by atoms with Crippen molar-refractivity contribution >= 4 is 22.6 Å². The zero-order valence-electron chi connectivity index (χ0n) is 6.89. The van der Waals surface area contributed by atoms with Gasteiger partial charge in [0.05, 0.1) is 15.5 Å². The molecular weight excluding hydrogens is 301 g/mol. The average molecular weight is 306 g/mol. The Morgan fingerprint density at radius 2 is 2.07 bits per heavy atom. The van der Waals surface area contributed by atoms with Gasteiger partial charge < -0.3 is 0 Å². The number of nitrogens with zero attached hydrogens (tertiary/aromatic N) is 1. The fourth-order valence-corrected chi connectivity index (χ4v) is 1.70. The molecular formula is C9H5F2IN2. The third-order valence-corrected chi connectivity index (χ3v) is 2.61. The fraction of sp³-hybridized carbons (Fsp3) is 0. The molecule has 2 nitrogen and oxygen atoms in total. The molecule has 0 spiro atoms. The monoisotopic (exact) mass is 306 g/mol. The molecule has 0 aliphatic heterocycles. The van der Waals surface area contributed by atoms with E-state index in [-0.39, 0.29) is 0 Å². The molecule has 14 heavy (non-hydrogen) atoms. The molecule has 1 N–H and O–H groups in total. The summed E-state index contributed by atoms with van der Waals surface area (Å²) in [5.74, 6) is -1.17. The summed E-state index contributed by atoms with van der Waals surface area (Å²) in [6.45, 7) is 0. The van der Waals surface area contributed by atoms with E-state index in [1.807, 2.05) is 22.6 Å². The SMILES string of the molecule is Fc1ccc(-c2[nH]ncc2I)c(F)c1. The number of H-pyrrole nitrogens is 1. The molecule has 72 valence electrons. The van der Waals surface area contributed by atoms with Crippen molar-refractivity contribution in [1.82, 2.24) is 10.2 Å². The first-order valence-corrected chi connectivity index (χ1v) is 4.90. The normalized spacial score (nSPS) is 10.5. The third-order valence-electron chi connectivity index (χ3n) is 1.79. The Kier molecular flexibility index (Phi) is 2.49. The molecule has 0 bridgehead atoms. The van der Waals surface area contributed by atoms with Gasteiger partial charge in [-0.3, -0.25) is 5.10 Å². The summed E-state index contributed by atoms with van der Waals surface area (Å²) in [5.41, 5.74) is 0.899. The van der Waals surface area contributed by atoms with Gasteiger partial charge in [-0.15, -0.1) is 0 Å². The molecule has 0 radical (unpaired) electrons. The highest BCUT2D eigenvalue weighted by Gasteiger charge is 2.10. The van der Waals surface area contributed by atoms with Gasteiger partial charge >= 0.3 is 0 Å². The first-order valence-electron chi connectivity index (χ1n) is 3.83. The first kappa shape index (κ1) is 9.57. The van der Waals surface area contributed by atoms with Crippen molar-refractivity contribution in [2.75, 3.05) is 0 Å². The second-order valence-electron chi connectivity index (χ2n) is 2.72. The molecule has 0 saturated heterocycles. The van der Waals surface area contributed by atoms with Crippen molar-refractivity contribution in [1.29, 1.82) is 0 Å². The van der Waals surface area contributed by atoms with Crippen LogP contribution in [0.4, 0.5) is 8.78 Å². The van der Waals surface area contributed by atoms with Crippen LogP contribution in [0.2, 0.25) is 0 Å². The van der Waals surface area contributed by atoms with E-state index in [0.717, 1.165) is 9.64 Å². The van der Waals surface area contributed by atoms with Crippen molar-refractivity contribution in [2.24, 2.45) is 0 Å². The van der Waals surface area contributed by atoms with E-state index in [2.05, 4.69) is 10.2 Å². The summed E-state index contributed by atoms with van der Waals surface area (Å²) in [7, 11) is 0. The number of hydrogen-bond acceptors (Lipinski definition) is 1. The van der Waals surface area contributed by atoms with Crippen molar-refractivity contribution in [3.63, 3.8) is 0 Å². The second kappa shape index (κ2) is 3.64. The lowest BCUT2D eigenvalue weighted by Gasteiger charge is -2.00. The molecule has 1 aromatic heterocycles. The molecule has 0 atom stereocenters. The van der Waals surface area contributed by atoms with Crippen LogP contribution < -0.4 is 0 Å². The molecule has 0 saturated carbocycles. The summed E-state index contributed by atoms with van der Waals surface area (Å²) < 4.78 is 26.7. The maximum absolute atomic E-state index is 13.3. The van der Waals surface area contributed by atoms with E-state index < -0.39 is 11.6 Å². The van der Waals surface area contributed by atoms with E-state index >= 15 is 0 Å². The number of hydrogen-bond donors (Lipinski definition) is 1. The summed E-state index contributed by atoms with van der Waals surface area (Å²) >= 11 is 2.03. The highest BCUT2D eigenvalue weighted by atomic mass is 127. The quantitative estimate of drug-likeness (QED) is 0.806. The molecule has 2 aromatic rings. The van der Waals surface area contributed by atoms with Crippen LogP contribution in [0.15, 0.2) is 24.4 Å². The van der Waals surface area contributed by atoms with Gasteiger partial charge in [-0.1, -0.05) is 0 Å². The van der Waals surface area contributed by atoms with Gasteiger partial charge in [-0.05, 0) is 34.7 Å². The molecule has 0 amide bonds. The highest BCUT2D eigenvalue weighted by molar-refractivity contribution is 14.1. The zero-order chi connectivity index (χ0) is 10.1. The van der Waals surface area contributed by atoms with Gasteiger partial charge in [0.25, 0.3) is 0 Å². The summed E-state index contributed by atoms with van der Waals surface area (Å²) in [6, 6.07) is 3.46. The van der Waals surface area contributed by atoms with Gasteiger partial charge in [-0.2, -0.15) is 5.10 Å². The van der Waals surface area contributed by atoms with E-state index in [4.69, 9.17) is 0 Å². The Hall–Kier alpha value is -0.980. The Balaban J connectivity index is 2.58. The van der Waals surface area contributed by atoms with Gasteiger partial charge in [0.1, 0.15) is 11.6 Å². The summed E-state index contributed by atoms with van der Waals surface area (Å²) in [6.07, 6.45) is 1.58.